The third-order valence-electron chi connectivity index (χ3n) is 2.96. The Balaban J connectivity index is 2.63. The van der Waals surface area contributed by atoms with E-state index in [0.717, 1.165) is 6.26 Å². The van der Waals surface area contributed by atoms with Crippen LogP contribution in [0.1, 0.15) is 18.9 Å². The van der Waals surface area contributed by atoms with Crippen molar-refractivity contribution in [2.75, 3.05) is 25.9 Å². The minimum Gasteiger partial charge on any atom is -0.405 e. The van der Waals surface area contributed by atoms with E-state index in [-0.39, 0.29) is 18.8 Å². The Morgan fingerprint density at radius 1 is 1.19 bits per heavy atom. The first-order valence-corrected chi connectivity index (χ1v) is 9.80. The SMILES string of the molecule is CCNC(=NCc1ccccc1OC(F)(F)F)NCCCNS(C)(=O)=O. The van der Waals surface area contributed by atoms with Crippen molar-refractivity contribution in [3.05, 3.63) is 29.8 Å². The molecule has 1 rings (SSSR count). The van der Waals surface area contributed by atoms with Crippen LogP contribution >= 0.6 is 0 Å². The fourth-order valence-corrected chi connectivity index (χ4v) is 2.43. The Hall–Kier alpha value is -2.01. The van der Waals surface area contributed by atoms with Gasteiger partial charge in [0, 0.05) is 25.2 Å². The Labute approximate surface area is 151 Å². The van der Waals surface area contributed by atoms with Crippen LogP contribution in [0.3, 0.4) is 0 Å². The lowest BCUT2D eigenvalue weighted by molar-refractivity contribution is -0.274. The lowest BCUT2D eigenvalue weighted by Crippen LogP contribution is -2.38. The number of para-hydroxylation sites is 1. The first kappa shape index (κ1) is 22.0. The molecule has 0 saturated carbocycles. The van der Waals surface area contributed by atoms with Gasteiger partial charge in [-0.05, 0) is 19.4 Å². The van der Waals surface area contributed by atoms with Gasteiger partial charge in [-0.15, -0.1) is 13.2 Å². The van der Waals surface area contributed by atoms with Crippen molar-refractivity contribution >= 4 is 16.0 Å². The largest absolute Gasteiger partial charge is 0.573 e. The fourth-order valence-electron chi connectivity index (χ4n) is 1.92. The zero-order chi connectivity index (χ0) is 19.6. The number of ether oxygens (including phenoxy) is 1. The zero-order valence-electron chi connectivity index (χ0n) is 14.6. The minimum atomic E-state index is -4.77. The predicted octanol–water partition coefficient (Wildman–Crippen LogP) is 1.58. The van der Waals surface area contributed by atoms with E-state index in [1.165, 1.54) is 18.2 Å². The Morgan fingerprint density at radius 2 is 1.88 bits per heavy atom. The summed E-state index contributed by atoms with van der Waals surface area (Å²) in [6.07, 6.45) is -3.17. The molecular weight excluding hydrogens is 373 g/mol. The number of aliphatic imine (C=N–C) groups is 1. The molecule has 11 heteroatoms. The van der Waals surface area contributed by atoms with E-state index in [1.807, 2.05) is 6.92 Å². The second-order valence-corrected chi connectivity index (χ2v) is 7.13. The fraction of sp³-hybridized carbons (Fsp3) is 0.533. The van der Waals surface area contributed by atoms with E-state index in [0.29, 0.717) is 31.0 Å². The van der Waals surface area contributed by atoms with Gasteiger partial charge in [-0.25, -0.2) is 18.1 Å². The van der Waals surface area contributed by atoms with Gasteiger partial charge in [0.1, 0.15) is 5.75 Å². The highest BCUT2D eigenvalue weighted by molar-refractivity contribution is 7.88. The maximum Gasteiger partial charge on any atom is 0.573 e. The lowest BCUT2D eigenvalue weighted by atomic mass is 10.2. The van der Waals surface area contributed by atoms with Crippen molar-refractivity contribution in [3.8, 4) is 5.75 Å². The molecule has 26 heavy (non-hydrogen) atoms. The van der Waals surface area contributed by atoms with Gasteiger partial charge >= 0.3 is 6.36 Å². The number of alkyl halides is 3. The summed E-state index contributed by atoms with van der Waals surface area (Å²) in [7, 11) is -3.23. The molecule has 0 saturated heterocycles. The van der Waals surface area contributed by atoms with Crippen LogP contribution in [0.15, 0.2) is 29.3 Å². The molecule has 148 valence electrons. The molecule has 0 fully saturated rings. The second-order valence-electron chi connectivity index (χ2n) is 5.30. The summed E-state index contributed by atoms with van der Waals surface area (Å²) >= 11 is 0. The normalized spacial score (nSPS) is 12.7. The molecule has 1 aromatic carbocycles. The van der Waals surface area contributed by atoms with E-state index < -0.39 is 16.4 Å². The zero-order valence-corrected chi connectivity index (χ0v) is 15.4. The summed E-state index contributed by atoms with van der Waals surface area (Å²) in [5, 5.41) is 5.95. The molecular formula is C15H23F3N4O3S. The third-order valence-corrected chi connectivity index (χ3v) is 3.69. The van der Waals surface area contributed by atoms with Crippen molar-refractivity contribution < 1.29 is 26.3 Å². The van der Waals surface area contributed by atoms with Gasteiger partial charge in [0.15, 0.2) is 5.96 Å². The first-order valence-electron chi connectivity index (χ1n) is 7.91. The number of guanidine groups is 1. The van der Waals surface area contributed by atoms with E-state index in [1.54, 1.807) is 6.07 Å². The molecule has 0 radical (unpaired) electrons. The average molecular weight is 396 g/mol. The predicted molar refractivity (Wildman–Crippen MR) is 93.4 cm³/mol. The van der Waals surface area contributed by atoms with Crippen molar-refractivity contribution in [2.45, 2.75) is 26.3 Å². The molecule has 0 aromatic heterocycles. The maximum absolute atomic E-state index is 12.4. The smallest absolute Gasteiger partial charge is 0.405 e. The molecule has 0 atom stereocenters. The molecule has 0 unspecified atom stereocenters. The Bertz CT molecular complexity index is 694. The van der Waals surface area contributed by atoms with Crippen LogP contribution < -0.4 is 20.1 Å². The summed E-state index contributed by atoms with van der Waals surface area (Å²) in [6.45, 7) is 3.11. The van der Waals surface area contributed by atoms with Crippen molar-refractivity contribution in [2.24, 2.45) is 4.99 Å². The Morgan fingerprint density at radius 3 is 2.50 bits per heavy atom. The summed E-state index contributed by atoms with van der Waals surface area (Å²) in [5.41, 5.74) is 0.292. The number of hydrogen-bond donors (Lipinski definition) is 3. The van der Waals surface area contributed by atoms with Crippen LogP contribution in [0.2, 0.25) is 0 Å². The molecule has 0 spiro atoms. The third kappa shape index (κ3) is 10.1. The molecule has 0 aliphatic heterocycles. The quantitative estimate of drug-likeness (QED) is 0.335. The van der Waals surface area contributed by atoms with Crippen LogP contribution in [-0.4, -0.2) is 46.6 Å². The molecule has 0 bridgehead atoms. The summed E-state index contributed by atoms with van der Waals surface area (Å²) in [5.74, 6) is 0.116. The molecule has 3 N–H and O–H groups in total. The van der Waals surface area contributed by atoms with Crippen LogP contribution in [0.25, 0.3) is 0 Å². The summed E-state index contributed by atoms with van der Waals surface area (Å²) in [6, 6.07) is 5.79. The monoisotopic (exact) mass is 396 g/mol. The first-order chi connectivity index (χ1) is 12.1. The van der Waals surface area contributed by atoms with E-state index in [4.69, 9.17) is 0 Å². The number of nitrogens with one attached hydrogen (secondary N) is 3. The van der Waals surface area contributed by atoms with Gasteiger partial charge in [0.05, 0.1) is 12.8 Å². The highest BCUT2D eigenvalue weighted by Gasteiger charge is 2.31. The van der Waals surface area contributed by atoms with Crippen LogP contribution in [-0.2, 0) is 16.6 Å². The van der Waals surface area contributed by atoms with Gasteiger partial charge < -0.3 is 15.4 Å². The standard InChI is InChI=1S/C15H23F3N4O3S/c1-3-19-14(20-9-6-10-22-26(2,23)24)21-11-12-7-4-5-8-13(12)25-15(16,17)18/h4-5,7-8,22H,3,6,9-11H2,1-2H3,(H2,19,20,21). The van der Waals surface area contributed by atoms with Crippen molar-refractivity contribution in [1.82, 2.24) is 15.4 Å². The van der Waals surface area contributed by atoms with Crippen LogP contribution in [0.5, 0.6) is 5.75 Å². The van der Waals surface area contributed by atoms with E-state index in [9.17, 15) is 21.6 Å². The highest BCUT2D eigenvalue weighted by Crippen LogP contribution is 2.26. The highest BCUT2D eigenvalue weighted by atomic mass is 32.2. The average Bonchev–Trinajstić information content (AvgIpc) is 2.51. The van der Waals surface area contributed by atoms with Gasteiger partial charge in [-0.1, -0.05) is 18.2 Å². The number of hydrogen-bond acceptors (Lipinski definition) is 4. The van der Waals surface area contributed by atoms with E-state index >= 15 is 0 Å². The topological polar surface area (TPSA) is 91.8 Å². The maximum atomic E-state index is 12.4. The molecule has 0 aliphatic rings. The molecule has 0 aliphatic carbocycles. The Kier molecular flexibility index (Phi) is 8.66. The molecule has 1 aromatic rings. The number of halogens is 3. The number of benzene rings is 1. The molecule has 0 heterocycles. The second kappa shape index (κ2) is 10.2. The van der Waals surface area contributed by atoms with Crippen LogP contribution in [0, 0.1) is 0 Å². The lowest BCUT2D eigenvalue weighted by Gasteiger charge is -2.14. The molecule has 0 amide bonds. The van der Waals surface area contributed by atoms with Crippen molar-refractivity contribution in [3.63, 3.8) is 0 Å². The minimum absolute atomic E-state index is 0.0107. The van der Waals surface area contributed by atoms with Gasteiger partial charge in [-0.2, -0.15) is 0 Å². The van der Waals surface area contributed by atoms with Crippen LogP contribution in [0.4, 0.5) is 13.2 Å². The van der Waals surface area contributed by atoms with Gasteiger partial charge in [-0.3, -0.25) is 0 Å². The van der Waals surface area contributed by atoms with Gasteiger partial charge in [0.25, 0.3) is 0 Å². The number of nitrogens with zero attached hydrogens (tertiary/aromatic N) is 1. The van der Waals surface area contributed by atoms with Gasteiger partial charge in [0.2, 0.25) is 10.0 Å². The molecule has 7 nitrogen and oxygen atoms in total. The number of rotatable bonds is 9. The van der Waals surface area contributed by atoms with E-state index in [2.05, 4.69) is 25.1 Å². The van der Waals surface area contributed by atoms with Crippen molar-refractivity contribution in [1.29, 1.82) is 0 Å². The summed E-state index contributed by atoms with van der Waals surface area (Å²) in [4.78, 5) is 4.23. The summed E-state index contributed by atoms with van der Waals surface area (Å²) < 4.78 is 65.6. The number of sulfonamides is 1.